The minimum atomic E-state index is -1.33. The number of carbonyl (C=O) groups is 2. The molecular formula is C25H26N2O4. The lowest BCUT2D eigenvalue weighted by Crippen LogP contribution is -2.45. The van der Waals surface area contributed by atoms with Crippen LogP contribution in [0.5, 0.6) is 5.75 Å². The summed E-state index contributed by atoms with van der Waals surface area (Å²) in [7, 11) is 1.54. The molecule has 0 radical (unpaired) electrons. The number of methoxy groups -OCH3 is 1. The Kier molecular flexibility index (Phi) is 7.05. The third kappa shape index (κ3) is 5.71. The van der Waals surface area contributed by atoms with Crippen molar-refractivity contribution in [1.82, 2.24) is 10.6 Å². The highest BCUT2D eigenvalue weighted by atomic mass is 16.5. The fourth-order valence-corrected chi connectivity index (χ4v) is 3.19. The van der Waals surface area contributed by atoms with E-state index in [0.29, 0.717) is 11.3 Å². The van der Waals surface area contributed by atoms with Crippen LogP contribution in [0.3, 0.4) is 0 Å². The van der Waals surface area contributed by atoms with Crippen LogP contribution >= 0.6 is 0 Å². The van der Waals surface area contributed by atoms with Crippen molar-refractivity contribution in [1.29, 1.82) is 0 Å². The molecule has 3 aromatic rings. The van der Waals surface area contributed by atoms with E-state index in [-0.39, 0.29) is 13.1 Å². The third-order valence-corrected chi connectivity index (χ3v) is 5.05. The molecule has 0 heterocycles. The molecule has 3 aromatic carbocycles. The van der Waals surface area contributed by atoms with Crippen molar-refractivity contribution in [2.24, 2.45) is 0 Å². The number of ether oxygens (including phenoxy) is 1. The van der Waals surface area contributed by atoms with E-state index in [9.17, 15) is 14.7 Å². The van der Waals surface area contributed by atoms with Gasteiger partial charge in [0.2, 0.25) is 0 Å². The Bertz CT molecular complexity index is 1030. The second-order valence-corrected chi connectivity index (χ2v) is 7.39. The molecule has 0 aliphatic heterocycles. The van der Waals surface area contributed by atoms with Gasteiger partial charge in [0, 0.05) is 12.1 Å². The van der Waals surface area contributed by atoms with Gasteiger partial charge in [-0.3, -0.25) is 9.59 Å². The molecule has 160 valence electrons. The van der Waals surface area contributed by atoms with Gasteiger partial charge in [-0.05, 0) is 29.7 Å². The molecule has 0 spiro atoms. The molecule has 6 heteroatoms. The first-order valence-corrected chi connectivity index (χ1v) is 9.97. The van der Waals surface area contributed by atoms with Gasteiger partial charge in [-0.25, -0.2) is 0 Å². The first kappa shape index (κ1) is 22.1. The van der Waals surface area contributed by atoms with Gasteiger partial charge in [-0.1, -0.05) is 72.8 Å². The van der Waals surface area contributed by atoms with Crippen LogP contribution in [0.4, 0.5) is 0 Å². The Morgan fingerprint density at radius 2 is 1.42 bits per heavy atom. The van der Waals surface area contributed by atoms with Crippen LogP contribution in [0.2, 0.25) is 0 Å². The number of amides is 2. The number of hydrogen-bond acceptors (Lipinski definition) is 4. The maximum Gasteiger partial charge on any atom is 0.309 e. The van der Waals surface area contributed by atoms with Crippen LogP contribution in [0.15, 0.2) is 78.9 Å². The van der Waals surface area contributed by atoms with Gasteiger partial charge in [-0.15, -0.1) is 0 Å². The van der Waals surface area contributed by atoms with Crippen molar-refractivity contribution in [3.8, 4) is 16.9 Å². The lowest BCUT2D eigenvalue weighted by molar-refractivity contribution is -0.139. The molecule has 0 saturated heterocycles. The summed E-state index contributed by atoms with van der Waals surface area (Å²) in [5, 5.41) is 15.9. The maximum absolute atomic E-state index is 12.2. The van der Waals surface area contributed by atoms with Crippen molar-refractivity contribution in [3.05, 3.63) is 90.0 Å². The minimum Gasteiger partial charge on any atom is -0.496 e. The summed E-state index contributed by atoms with van der Waals surface area (Å²) in [5.41, 5.74) is 2.18. The van der Waals surface area contributed by atoms with Crippen molar-refractivity contribution in [3.63, 3.8) is 0 Å². The molecule has 0 aliphatic rings. The van der Waals surface area contributed by atoms with Gasteiger partial charge >= 0.3 is 11.8 Å². The van der Waals surface area contributed by atoms with Gasteiger partial charge in [0.1, 0.15) is 11.4 Å². The highest BCUT2D eigenvalue weighted by molar-refractivity contribution is 6.35. The first-order valence-electron chi connectivity index (χ1n) is 9.97. The first-order chi connectivity index (χ1) is 14.9. The topological polar surface area (TPSA) is 87.7 Å². The zero-order chi connectivity index (χ0) is 22.3. The number of hydrogen-bond donors (Lipinski definition) is 3. The lowest BCUT2D eigenvalue weighted by atomic mass is 9.93. The van der Waals surface area contributed by atoms with Crippen molar-refractivity contribution < 1.29 is 19.4 Å². The van der Waals surface area contributed by atoms with E-state index in [0.717, 1.165) is 16.7 Å². The molecule has 1 atom stereocenters. The molecule has 0 bridgehead atoms. The average Bonchev–Trinajstić information content (AvgIpc) is 2.81. The fourth-order valence-electron chi connectivity index (χ4n) is 3.19. The van der Waals surface area contributed by atoms with E-state index in [4.69, 9.17) is 4.74 Å². The van der Waals surface area contributed by atoms with Crippen LogP contribution in [0.25, 0.3) is 11.1 Å². The summed E-state index contributed by atoms with van der Waals surface area (Å²) in [6.07, 6.45) is 0. The zero-order valence-electron chi connectivity index (χ0n) is 17.6. The molecule has 2 amide bonds. The van der Waals surface area contributed by atoms with Crippen molar-refractivity contribution in [2.75, 3.05) is 13.7 Å². The van der Waals surface area contributed by atoms with Crippen molar-refractivity contribution >= 4 is 11.8 Å². The van der Waals surface area contributed by atoms with E-state index >= 15 is 0 Å². The minimum absolute atomic E-state index is 0.0986. The smallest absolute Gasteiger partial charge is 0.309 e. The molecule has 0 fully saturated rings. The van der Waals surface area contributed by atoms with Crippen LogP contribution < -0.4 is 15.4 Å². The number of aliphatic hydroxyl groups is 1. The second-order valence-electron chi connectivity index (χ2n) is 7.39. The number of carbonyl (C=O) groups excluding carboxylic acids is 2. The Balaban J connectivity index is 1.55. The molecule has 3 rings (SSSR count). The zero-order valence-corrected chi connectivity index (χ0v) is 17.6. The average molecular weight is 418 g/mol. The van der Waals surface area contributed by atoms with Gasteiger partial charge < -0.3 is 20.5 Å². The van der Waals surface area contributed by atoms with Gasteiger partial charge in [0.05, 0.1) is 13.7 Å². The van der Waals surface area contributed by atoms with Gasteiger partial charge in [-0.2, -0.15) is 0 Å². The standard InChI is InChI=1S/C25H26N2O4/c1-25(30,21-14-12-19(13-15-21)18-8-4-3-5-9-18)17-27-24(29)23(28)26-16-20-10-6-7-11-22(20)31-2/h3-15,30H,16-17H2,1-2H3,(H,26,28)(H,27,29)/t25-/m0/s1. The van der Waals surface area contributed by atoms with E-state index in [2.05, 4.69) is 10.6 Å². The number of para-hydroxylation sites is 1. The van der Waals surface area contributed by atoms with Gasteiger partial charge in [0.15, 0.2) is 0 Å². The highest BCUT2D eigenvalue weighted by Crippen LogP contribution is 2.24. The molecule has 0 saturated carbocycles. The Morgan fingerprint density at radius 3 is 2.10 bits per heavy atom. The Morgan fingerprint density at radius 1 is 0.839 bits per heavy atom. The van der Waals surface area contributed by atoms with Crippen LogP contribution in [-0.4, -0.2) is 30.6 Å². The molecular weight excluding hydrogens is 392 g/mol. The summed E-state index contributed by atoms with van der Waals surface area (Å²) < 4.78 is 5.23. The predicted molar refractivity (Wildman–Crippen MR) is 119 cm³/mol. The summed E-state index contributed by atoms with van der Waals surface area (Å²) >= 11 is 0. The Labute approximate surface area is 181 Å². The SMILES string of the molecule is COc1ccccc1CNC(=O)C(=O)NC[C@](C)(O)c1ccc(-c2ccccc2)cc1. The van der Waals surface area contributed by atoms with Crippen LogP contribution in [0, 0.1) is 0 Å². The van der Waals surface area contributed by atoms with Gasteiger partial charge in [0.25, 0.3) is 0 Å². The van der Waals surface area contributed by atoms with E-state index in [1.807, 2.05) is 66.7 Å². The van der Waals surface area contributed by atoms with Crippen molar-refractivity contribution in [2.45, 2.75) is 19.1 Å². The molecule has 0 aromatic heterocycles. The largest absolute Gasteiger partial charge is 0.496 e. The fraction of sp³-hybridized carbons (Fsp3) is 0.200. The number of benzene rings is 3. The molecule has 0 aliphatic carbocycles. The molecule has 6 nitrogen and oxygen atoms in total. The lowest BCUT2D eigenvalue weighted by Gasteiger charge is -2.24. The van der Waals surface area contributed by atoms with Crippen LogP contribution in [-0.2, 0) is 21.7 Å². The normalized spacial score (nSPS) is 12.5. The molecule has 31 heavy (non-hydrogen) atoms. The second kappa shape index (κ2) is 9.91. The molecule has 0 unspecified atom stereocenters. The highest BCUT2D eigenvalue weighted by Gasteiger charge is 2.25. The summed E-state index contributed by atoms with van der Waals surface area (Å²) in [6.45, 7) is 1.66. The maximum atomic E-state index is 12.2. The third-order valence-electron chi connectivity index (χ3n) is 5.05. The van der Waals surface area contributed by atoms with Crippen LogP contribution in [0.1, 0.15) is 18.1 Å². The van der Waals surface area contributed by atoms with E-state index in [1.165, 1.54) is 0 Å². The quantitative estimate of drug-likeness (QED) is 0.515. The summed E-state index contributed by atoms with van der Waals surface area (Å²) in [4.78, 5) is 24.3. The monoisotopic (exact) mass is 418 g/mol. The predicted octanol–water partition coefficient (Wildman–Crippen LogP) is 3.00. The number of rotatable bonds is 7. The van der Waals surface area contributed by atoms with E-state index in [1.54, 1.807) is 26.2 Å². The number of nitrogens with one attached hydrogen (secondary N) is 2. The Hall–Kier alpha value is -3.64. The van der Waals surface area contributed by atoms with E-state index < -0.39 is 17.4 Å². The molecule has 3 N–H and O–H groups in total. The summed E-state index contributed by atoms with van der Waals surface area (Å²) in [5.74, 6) is -0.956. The summed E-state index contributed by atoms with van der Waals surface area (Å²) in [6, 6.07) is 24.6.